The third-order valence-electron chi connectivity index (χ3n) is 6.06. The van der Waals surface area contributed by atoms with Gasteiger partial charge in [0.2, 0.25) is 15.9 Å². The standard InChI is InChI=1S/C24H28N2O7S/c1-31-24(28)20(15-17-5-3-2-4-6-17)25-23(27)18-9-11-26(12-10-18)34(29,30)19-7-8-21-22(16-19)33-14-13-32-21/h2-8,16,18,20H,9-15H2,1H3,(H,25,27)/t20-/m1/s1. The Kier molecular flexibility index (Phi) is 7.38. The van der Waals surface area contributed by atoms with Gasteiger partial charge < -0.3 is 19.5 Å². The molecular weight excluding hydrogens is 460 g/mol. The minimum Gasteiger partial charge on any atom is -0.486 e. The van der Waals surface area contributed by atoms with Crippen molar-refractivity contribution in [2.45, 2.75) is 30.2 Å². The molecule has 1 atom stereocenters. The topological polar surface area (TPSA) is 111 Å². The Bertz CT molecular complexity index is 1130. The van der Waals surface area contributed by atoms with Gasteiger partial charge in [0.05, 0.1) is 12.0 Å². The summed E-state index contributed by atoms with van der Waals surface area (Å²) in [7, 11) is -2.45. The van der Waals surface area contributed by atoms with E-state index in [1.54, 1.807) is 6.07 Å². The predicted molar refractivity (Wildman–Crippen MR) is 123 cm³/mol. The average molecular weight is 489 g/mol. The van der Waals surface area contributed by atoms with Gasteiger partial charge in [0, 0.05) is 31.5 Å². The second-order valence-corrected chi connectivity index (χ2v) is 10.2. The third-order valence-corrected chi connectivity index (χ3v) is 7.96. The van der Waals surface area contributed by atoms with Crippen molar-refractivity contribution in [1.29, 1.82) is 0 Å². The van der Waals surface area contributed by atoms with E-state index in [0.29, 0.717) is 44.0 Å². The van der Waals surface area contributed by atoms with Crippen molar-refractivity contribution in [2.24, 2.45) is 5.92 Å². The lowest BCUT2D eigenvalue weighted by molar-refractivity contribution is -0.145. The fraction of sp³-hybridized carbons (Fsp3) is 0.417. The highest BCUT2D eigenvalue weighted by Gasteiger charge is 2.34. The van der Waals surface area contributed by atoms with Gasteiger partial charge in [-0.1, -0.05) is 30.3 Å². The van der Waals surface area contributed by atoms with Crippen LogP contribution < -0.4 is 14.8 Å². The number of nitrogens with one attached hydrogen (secondary N) is 1. The van der Waals surface area contributed by atoms with E-state index in [9.17, 15) is 18.0 Å². The first-order chi connectivity index (χ1) is 16.4. The largest absolute Gasteiger partial charge is 0.486 e. The van der Waals surface area contributed by atoms with Gasteiger partial charge in [-0.3, -0.25) is 4.79 Å². The molecule has 4 rings (SSSR count). The van der Waals surface area contributed by atoms with Crippen molar-refractivity contribution in [3.05, 3.63) is 54.1 Å². The van der Waals surface area contributed by atoms with Gasteiger partial charge in [-0.2, -0.15) is 4.31 Å². The molecular formula is C24H28N2O7S. The molecule has 2 aromatic carbocycles. The zero-order valence-electron chi connectivity index (χ0n) is 18.9. The number of hydrogen-bond acceptors (Lipinski definition) is 7. The van der Waals surface area contributed by atoms with Crippen LogP contribution in [0.25, 0.3) is 0 Å². The van der Waals surface area contributed by atoms with Crippen molar-refractivity contribution >= 4 is 21.9 Å². The second-order valence-electron chi connectivity index (χ2n) is 8.26. The number of carbonyl (C=O) groups is 2. The number of nitrogens with zero attached hydrogens (tertiary/aromatic N) is 1. The van der Waals surface area contributed by atoms with Gasteiger partial charge in [-0.25, -0.2) is 13.2 Å². The first-order valence-electron chi connectivity index (χ1n) is 11.2. The molecule has 2 aliphatic heterocycles. The Morgan fingerprint density at radius 3 is 2.41 bits per heavy atom. The Balaban J connectivity index is 1.37. The number of piperidine rings is 1. The molecule has 0 spiro atoms. The Labute approximate surface area is 199 Å². The number of hydrogen-bond donors (Lipinski definition) is 1. The molecule has 1 saturated heterocycles. The van der Waals surface area contributed by atoms with Crippen molar-refractivity contribution in [3.63, 3.8) is 0 Å². The Hall–Kier alpha value is -3.11. The smallest absolute Gasteiger partial charge is 0.328 e. The molecule has 1 N–H and O–H groups in total. The number of benzene rings is 2. The number of amides is 1. The van der Waals surface area contributed by atoms with Crippen LogP contribution in [-0.4, -0.2) is 64.1 Å². The molecule has 34 heavy (non-hydrogen) atoms. The van der Waals surface area contributed by atoms with E-state index in [0.717, 1.165) is 5.56 Å². The lowest BCUT2D eigenvalue weighted by Crippen LogP contribution is -2.48. The zero-order chi connectivity index (χ0) is 24.1. The summed E-state index contributed by atoms with van der Waals surface area (Å²) < 4.78 is 43.5. The summed E-state index contributed by atoms with van der Waals surface area (Å²) in [6, 6.07) is 13.1. The maximum absolute atomic E-state index is 13.1. The van der Waals surface area contributed by atoms with Crippen LogP contribution in [0.3, 0.4) is 0 Å². The number of methoxy groups -OCH3 is 1. The number of sulfonamides is 1. The molecule has 2 aliphatic rings. The highest BCUT2D eigenvalue weighted by atomic mass is 32.2. The summed E-state index contributed by atoms with van der Waals surface area (Å²) in [5.41, 5.74) is 0.901. The van der Waals surface area contributed by atoms with E-state index in [-0.39, 0.29) is 23.9 Å². The predicted octanol–water partition coefficient (Wildman–Crippen LogP) is 1.76. The van der Waals surface area contributed by atoms with Crippen LogP contribution in [0.4, 0.5) is 0 Å². The van der Waals surface area contributed by atoms with Crippen molar-refractivity contribution in [3.8, 4) is 11.5 Å². The molecule has 2 heterocycles. The highest BCUT2D eigenvalue weighted by Crippen LogP contribution is 2.34. The molecule has 0 bridgehead atoms. The Morgan fingerprint density at radius 2 is 1.74 bits per heavy atom. The van der Waals surface area contributed by atoms with Crippen molar-refractivity contribution in [2.75, 3.05) is 33.4 Å². The molecule has 10 heteroatoms. The van der Waals surface area contributed by atoms with Crippen molar-refractivity contribution in [1.82, 2.24) is 9.62 Å². The highest BCUT2D eigenvalue weighted by molar-refractivity contribution is 7.89. The zero-order valence-corrected chi connectivity index (χ0v) is 19.8. The van der Waals surface area contributed by atoms with Crippen molar-refractivity contribution < 1.29 is 32.2 Å². The molecule has 0 aliphatic carbocycles. The molecule has 2 aromatic rings. The minimum atomic E-state index is -3.73. The first-order valence-corrected chi connectivity index (χ1v) is 12.6. The Morgan fingerprint density at radius 1 is 1.06 bits per heavy atom. The monoisotopic (exact) mass is 488 g/mol. The molecule has 182 valence electrons. The number of ether oxygens (including phenoxy) is 3. The fourth-order valence-corrected chi connectivity index (χ4v) is 5.65. The van der Waals surface area contributed by atoms with Gasteiger partial charge >= 0.3 is 5.97 Å². The number of esters is 1. The number of rotatable bonds is 7. The summed E-state index contributed by atoms with van der Waals surface area (Å²) in [4.78, 5) is 25.3. The molecule has 0 aromatic heterocycles. The van der Waals surface area contributed by atoms with E-state index >= 15 is 0 Å². The summed E-state index contributed by atoms with van der Waals surface area (Å²) in [5, 5.41) is 2.79. The van der Waals surface area contributed by atoms with Gasteiger partial charge in [0.15, 0.2) is 11.5 Å². The van der Waals surface area contributed by atoms with Gasteiger partial charge in [-0.15, -0.1) is 0 Å². The van der Waals surface area contributed by atoms with Gasteiger partial charge in [0.1, 0.15) is 19.3 Å². The second kappa shape index (κ2) is 10.4. The lowest BCUT2D eigenvalue weighted by Gasteiger charge is -2.31. The maximum atomic E-state index is 13.1. The molecule has 0 unspecified atom stereocenters. The summed E-state index contributed by atoms with van der Waals surface area (Å²) in [6.45, 7) is 1.21. The molecule has 1 amide bonds. The van der Waals surface area contributed by atoms with E-state index in [1.807, 2.05) is 30.3 Å². The van der Waals surface area contributed by atoms with E-state index in [1.165, 1.54) is 23.5 Å². The summed E-state index contributed by atoms with van der Waals surface area (Å²) in [5.74, 6) is -0.252. The summed E-state index contributed by atoms with van der Waals surface area (Å²) >= 11 is 0. The lowest BCUT2D eigenvalue weighted by atomic mass is 9.96. The molecule has 1 fully saturated rings. The van der Waals surface area contributed by atoms with E-state index < -0.39 is 28.0 Å². The third kappa shape index (κ3) is 5.34. The minimum absolute atomic E-state index is 0.133. The molecule has 0 radical (unpaired) electrons. The maximum Gasteiger partial charge on any atom is 0.328 e. The average Bonchev–Trinajstić information content (AvgIpc) is 2.88. The normalized spacial score (nSPS) is 17.6. The van der Waals surface area contributed by atoms with E-state index in [2.05, 4.69) is 5.32 Å². The SMILES string of the molecule is COC(=O)[C@@H](Cc1ccccc1)NC(=O)C1CCN(S(=O)(=O)c2ccc3c(c2)OCCO3)CC1. The molecule has 0 saturated carbocycles. The summed E-state index contributed by atoms with van der Waals surface area (Å²) in [6.07, 6.45) is 1.03. The van der Waals surface area contributed by atoms with Gasteiger partial charge in [-0.05, 0) is 30.5 Å². The quantitative estimate of drug-likeness (QED) is 0.591. The van der Waals surface area contributed by atoms with Crippen LogP contribution in [0.2, 0.25) is 0 Å². The van der Waals surface area contributed by atoms with Crippen LogP contribution in [0, 0.1) is 5.92 Å². The number of fused-ring (bicyclic) bond motifs is 1. The molecule has 9 nitrogen and oxygen atoms in total. The van der Waals surface area contributed by atoms with Crippen LogP contribution in [0.1, 0.15) is 18.4 Å². The van der Waals surface area contributed by atoms with Crippen LogP contribution in [0.5, 0.6) is 11.5 Å². The van der Waals surface area contributed by atoms with Crippen LogP contribution >= 0.6 is 0 Å². The van der Waals surface area contributed by atoms with Crippen LogP contribution in [-0.2, 0) is 30.8 Å². The van der Waals surface area contributed by atoms with E-state index in [4.69, 9.17) is 14.2 Å². The fourth-order valence-electron chi connectivity index (χ4n) is 4.17. The number of carbonyl (C=O) groups excluding carboxylic acids is 2. The van der Waals surface area contributed by atoms with Gasteiger partial charge in [0.25, 0.3) is 0 Å². The van der Waals surface area contributed by atoms with Crippen LogP contribution in [0.15, 0.2) is 53.4 Å². The first kappa shape index (κ1) is 24.0.